The highest BCUT2D eigenvalue weighted by molar-refractivity contribution is 4.84. The van der Waals surface area contributed by atoms with Gasteiger partial charge in [-0.05, 0) is 37.5 Å². The quantitative estimate of drug-likeness (QED) is 0.714. The summed E-state index contributed by atoms with van der Waals surface area (Å²) in [6.45, 7) is 4.70. The van der Waals surface area contributed by atoms with Crippen LogP contribution in [0.3, 0.4) is 0 Å². The smallest absolute Gasteiger partial charge is 0.00722 e. The predicted octanol–water partition coefficient (Wildman–Crippen LogP) is 4.12. The Bertz CT molecular complexity index is 198. The van der Waals surface area contributed by atoms with Crippen LogP contribution in [0.15, 0.2) is 0 Å². The minimum atomic E-state index is 0.813. The third-order valence-electron chi connectivity index (χ3n) is 4.64. The first kappa shape index (κ1) is 12.4. The number of rotatable bonds is 6. The second-order valence-corrected chi connectivity index (χ2v) is 6.09. The first-order valence-corrected chi connectivity index (χ1v) is 7.57. The molecule has 16 heavy (non-hydrogen) atoms. The monoisotopic (exact) mass is 223 g/mol. The molecular formula is C15H29N. The van der Waals surface area contributed by atoms with Gasteiger partial charge in [0.15, 0.2) is 0 Å². The largest absolute Gasteiger partial charge is 0.311 e. The van der Waals surface area contributed by atoms with E-state index in [4.69, 9.17) is 0 Å². The molecule has 1 N–H and O–H groups in total. The SMILES string of the molecule is CCC1CCCC(NC(CC)CC2CC2)C1. The molecule has 3 atom stereocenters. The molecule has 2 aliphatic carbocycles. The standard InChI is InChI=1S/C15H29N/c1-3-12-6-5-7-15(10-12)16-14(4-2)11-13-8-9-13/h12-16H,3-11H2,1-2H3. The van der Waals surface area contributed by atoms with Crippen molar-refractivity contribution >= 4 is 0 Å². The van der Waals surface area contributed by atoms with E-state index >= 15 is 0 Å². The van der Waals surface area contributed by atoms with Crippen molar-refractivity contribution in [1.29, 1.82) is 0 Å². The third kappa shape index (κ3) is 3.76. The lowest BCUT2D eigenvalue weighted by molar-refractivity contribution is 0.253. The van der Waals surface area contributed by atoms with Crippen LogP contribution in [-0.2, 0) is 0 Å². The molecular weight excluding hydrogens is 194 g/mol. The summed E-state index contributed by atoms with van der Waals surface area (Å²) in [4.78, 5) is 0. The molecule has 0 aromatic rings. The second kappa shape index (κ2) is 6.05. The van der Waals surface area contributed by atoms with E-state index in [2.05, 4.69) is 19.2 Å². The number of nitrogens with one attached hydrogen (secondary N) is 1. The van der Waals surface area contributed by atoms with E-state index < -0.39 is 0 Å². The maximum atomic E-state index is 3.94. The summed E-state index contributed by atoms with van der Waals surface area (Å²) in [7, 11) is 0. The fourth-order valence-electron chi connectivity index (χ4n) is 3.25. The molecule has 2 rings (SSSR count). The lowest BCUT2D eigenvalue weighted by Gasteiger charge is -2.32. The van der Waals surface area contributed by atoms with E-state index in [-0.39, 0.29) is 0 Å². The molecule has 0 amide bonds. The van der Waals surface area contributed by atoms with Crippen molar-refractivity contribution in [1.82, 2.24) is 5.32 Å². The van der Waals surface area contributed by atoms with Gasteiger partial charge >= 0.3 is 0 Å². The second-order valence-electron chi connectivity index (χ2n) is 6.09. The molecule has 1 heteroatoms. The van der Waals surface area contributed by atoms with Gasteiger partial charge in [0.1, 0.15) is 0 Å². The van der Waals surface area contributed by atoms with Gasteiger partial charge in [-0.2, -0.15) is 0 Å². The number of hydrogen-bond acceptors (Lipinski definition) is 1. The van der Waals surface area contributed by atoms with Crippen molar-refractivity contribution in [3.05, 3.63) is 0 Å². The van der Waals surface area contributed by atoms with Gasteiger partial charge < -0.3 is 5.32 Å². The Kier molecular flexibility index (Phi) is 4.69. The minimum absolute atomic E-state index is 0.813. The van der Waals surface area contributed by atoms with Crippen LogP contribution in [0.1, 0.15) is 71.6 Å². The Morgan fingerprint density at radius 3 is 2.50 bits per heavy atom. The van der Waals surface area contributed by atoms with E-state index in [1.807, 2.05) is 0 Å². The zero-order chi connectivity index (χ0) is 11.4. The maximum Gasteiger partial charge on any atom is 0.00722 e. The average Bonchev–Trinajstić information content (AvgIpc) is 3.12. The summed E-state index contributed by atoms with van der Waals surface area (Å²) < 4.78 is 0. The molecule has 0 spiro atoms. The van der Waals surface area contributed by atoms with Gasteiger partial charge in [-0.25, -0.2) is 0 Å². The van der Waals surface area contributed by atoms with E-state index in [0.717, 1.165) is 23.9 Å². The van der Waals surface area contributed by atoms with Crippen molar-refractivity contribution in [3.63, 3.8) is 0 Å². The van der Waals surface area contributed by atoms with Crippen molar-refractivity contribution in [3.8, 4) is 0 Å². The third-order valence-corrected chi connectivity index (χ3v) is 4.64. The fraction of sp³-hybridized carbons (Fsp3) is 1.00. The van der Waals surface area contributed by atoms with Crippen molar-refractivity contribution in [2.24, 2.45) is 11.8 Å². The van der Waals surface area contributed by atoms with Crippen LogP contribution in [0.5, 0.6) is 0 Å². The molecule has 0 bridgehead atoms. The number of hydrogen-bond donors (Lipinski definition) is 1. The molecule has 0 saturated heterocycles. The highest BCUT2D eigenvalue weighted by atomic mass is 15.0. The summed E-state index contributed by atoms with van der Waals surface area (Å²) in [5.41, 5.74) is 0. The predicted molar refractivity (Wildman–Crippen MR) is 70.6 cm³/mol. The molecule has 2 fully saturated rings. The zero-order valence-electron chi connectivity index (χ0n) is 11.2. The molecule has 3 unspecified atom stereocenters. The first-order valence-electron chi connectivity index (χ1n) is 7.57. The van der Waals surface area contributed by atoms with Crippen LogP contribution < -0.4 is 5.32 Å². The molecule has 0 radical (unpaired) electrons. The molecule has 94 valence electrons. The Labute approximate surface area is 101 Å². The topological polar surface area (TPSA) is 12.0 Å². The lowest BCUT2D eigenvalue weighted by atomic mass is 9.83. The van der Waals surface area contributed by atoms with Crippen LogP contribution in [0.25, 0.3) is 0 Å². The van der Waals surface area contributed by atoms with Gasteiger partial charge in [-0.3, -0.25) is 0 Å². The summed E-state index contributed by atoms with van der Waals surface area (Å²) in [6, 6.07) is 1.65. The maximum absolute atomic E-state index is 3.94. The Morgan fingerprint density at radius 2 is 1.88 bits per heavy atom. The molecule has 0 aliphatic heterocycles. The van der Waals surface area contributed by atoms with Gasteiger partial charge in [0.25, 0.3) is 0 Å². The Balaban J connectivity index is 1.72. The van der Waals surface area contributed by atoms with E-state index in [9.17, 15) is 0 Å². The lowest BCUT2D eigenvalue weighted by Crippen LogP contribution is -2.41. The Hall–Kier alpha value is -0.0400. The van der Waals surface area contributed by atoms with Gasteiger partial charge in [0.2, 0.25) is 0 Å². The molecule has 1 nitrogen and oxygen atoms in total. The van der Waals surface area contributed by atoms with Crippen molar-refractivity contribution < 1.29 is 0 Å². The molecule has 0 aromatic heterocycles. The summed E-state index contributed by atoms with van der Waals surface area (Å²) in [5.74, 6) is 2.08. The van der Waals surface area contributed by atoms with Gasteiger partial charge in [-0.1, -0.05) is 46.0 Å². The molecule has 0 heterocycles. The van der Waals surface area contributed by atoms with Crippen LogP contribution in [0.4, 0.5) is 0 Å². The Morgan fingerprint density at radius 1 is 1.06 bits per heavy atom. The summed E-state index contributed by atoms with van der Waals surface area (Å²) in [5, 5.41) is 3.94. The summed E-state index contributed by atoms with van der Waals surface area (Å²) >= 11 is 0. The zero-order valence-corrected chi connectivity index (χ0v) is 11.2. The van der Waals surface area contributed by atoms with E-state index in [1.54, 1.807) is 0 Å². The van der Waals surface area contributed by atoms with Gasteiger partial charge in [0, 0.05) is 12.1 Å². The van der Waals surface area contributed by atoms with Gasteiger partial charge in [-0.15, -0.1) is 0 Å². The minimum Gasteiger partial charge on any atom is -0.311 e. The van der Waals surface area contributed by atoms with Crippen LogP contribution in [-0.4, -0.2) is 12.1 Å². The highest BCUT2D eigenvalue weighted by Crippen LogP contribution is 2.35. The van der Waals surface area contributed by atoms with Crippen molar-refractivity contribution in [2.45, 2.75) is 83.7 Å². The normalized spacial score (nSPS) is 32.6. The summed E-state index contributed by atoms with van der Waals surface area (Å²) in [6.07, 6.45) is 13.0. The van der Waals surface area contributed by atoms with Crippen molar-refractivity contribution in [2.75, 3.05) is 0 Å². The van der Waals surface area contributed by atoms with Crippen LogP contribution in [0.2, 0.25) is 0 Å². The highest BCUT2D eigenvalue weighted by Gasteiger charge is 2.27. The first-order chi connectivity index (χ1) is 7.81. The molecule has 2 saturated carbocycles. The van der Waals surface area contributed by atoms with E-state index in [1.165, 1.54) is 57.8 Å². The van der Waals surface area contributed by atoms with Crippen LogP contribution in [0, 0.1) is 11.8 Å². The van der Waals surface area contributed by atoms with Crippen LogP contribution >= 0.6 is 0 Å². The fourth-order valence-corrected chi connectivity index (χ4v) is 3.25. The van der Waals surface area contributed by atoms with E-state index in [0.29, 0.717) is 0 Å². The van der Waals surface area contributed by atoms with Gasteiger partial charge in [0.05, 0.1) is 0 Å². The average molecular weight is 223 g/mol. The molecule has 0 aromatic carbocycles. The molecule has 2 aliphatic rings.